The average molecular weight is 453 g/mol. The maximum absolute atomic E-state index is 11.5. The van der Waals surface area contributed by atoms with Crippen LogP contribution in [0.5, 0.6) is 0 Å². The van der Waals surface area contributed by atoms with Gasteiger partial charge in [-0.3, -0.25) is 9.59 Å². The standard InChI is InChI=1S/C28H52O4/c1-3-5-25-31-27(29)23-21-19-17-15-13-11-9-7-8-10-12-14-16-18-20-22-24-28(30)32-26-6-4-2/h7,9H,3-6,8,10-26H2,1-2H3/b9-7+. The molecule has 0 N–H and O–H groups in total. The topological polar surface area (TPSA) is 52.6 Å². The first-order valence-corrected chi connectivity index (χ1v) is 13.7. The molecule has 0 aliphatic rings. The highest BCUT2D eigenvalue weighted by molar-refractivity contribution is 5.69. The smallest absolute Gasteiger partial charge is 0.305 e. The van der Waals surface area contributed by atoms with Gasteiger partial charge in [-0.1, -0.05) is 90.2 Å². The van der Waals surface area contributed by atoms with Crippen LogP contribution >= 0.6 is 0 Å². The van der Waals surface area contributed by atoms with Crippen molar-refractivity contribution in [2.24, 2.45) is 0 Å². The fourth-order valence-electron chi connectivity index (χ4n) is 3.52. The summed E-state index contributed by atoms with van der Waals surface area (Å²) in [5, 5.41) is 0. The maximum atomic E-state index is 11.5. The summed E-state index contributed by atoms with van der Waals surface area (Å²) in [5.74, 6) is -0.0499. The third-order valence-corrected chi connectivity index (χ3v) is 5.69. The van der Waals surface area contributed by atoms with Gasteiger partial charge in [0.15, 0.2) is 0 Å². The van der Waals surface area contributed by atoms with Crippen LogP contribution in [0.15, 0.2) is 12.2 Å². The third kappa shape index (κ3) is 24.9. The molecule has 0 rings (SSSR count). The quantitative estimate of drug-likeness (QED) is 0.0837. The van der Waals surface area contributed by atoms with E-state index in [1.165, 1.54) is 64.2 Å². The van der Waals surface area contributed by atoms with Crippen molar-refractivity contribution in [3.8, 4) is 0 Å². The second-order valence-electron chi connectivity index (χ2n) is 8.94. The Morgan fingerprint density at radius 2 is 0.844 bits per heavy atom. The minimum atomic E-state index is -0.0267. The molecule has 0 unspecified atom stereocenters. The number of ether oxygens (including phenoxy) is 2. The fourth-order valence-corrected chi connectivity index (χ4v) is 3.52. The van der Waals surface area contributed by atoms with E-state index in [9.17, 15) is 9.59 Å². The molecule has 188 valence electrons. The molecule has 0 fully saturated rings. The van der Waals surface area contributed by atoms with Gasteiger partial charge in [-0.2, -0.15) is 0 Å². The molecule has 0 aromatic heterocycles. The van der Waals surface area contributed by atoms with Crippen LogP contribution in [0.3, 0.4) is 0 Å². The molecule has 32 heavy (non-hydrogen) atoms. The van der Waals surface area contributed by atoms with Crippen molar-refractivity contribution in [3.63, 3.8) is 0 Å². The molecule has 0 radical (unpaired) electrons. The van der Waals surface area contributed by atoms with Crippen molar-refractivity contribution in [1.29, 1.82) is 0 Å². The normalized spacial score (nSPS) is 11.2. The molecule has 0 aromatic rings. The Balaban J connectivity index is 3.22. The summed E-state index contributed by atoms with van der Waals surface area (Å²) in [5.41, 5.74) is 0. The molecule has 0 atom stereocenters. The van der Waals surface area contributed by atoms with Crippen LogP contribution in [-0.2, 0) is 19.1 Å². The van der Waals surface area contributed by atoms with Gasteiger partial charge in [0, 0.05) is 12.8 Å². The molecule has 0 spiro atoms. The lowest BCUT2D eigenvalue weighted by molar-refractivity contribution is -0.144. The van der Waals surface area contributed by atoms with Crippen LogP contribution < -0.4 is 0 Å². The Labute approximate surface area is 198 Å². The van der Waals surface area contributed by atoms with Gasteiger partial charge in [-0.25, -0.2) is 0 Å². The predicted molar refractivity (Wildman–Crippen MR) is 135 cm³/mol. The summed E-state index contributed by atoms with van der Waals surface area (Å²) in [7, 11) is 0. The van der Waals surface area contributed by atoms with E-state index in [1.54, 1.807) is 0 Å². The number of allylic oxidation sites excluding steroid dienone is 2. The average Bonchev–Trinajstić information content (AvgIpc) is 2.78. The van der Waals surface area contributed by atoms with Crippen LogP contribution in [0.4, 0.5) is 0 Å². The van der Waals surface area contributed by atoms with Crippen molar-refractivity contribution >= 4 is 11.9 Å². The highest BCUT2D eigenvalue weighted by atomic mass is 16.5. The largest absolute Gasteiger partial charge is 0.466 e. The van der Waals surface area contributed by atoms with Gasteiger partial charge >= 0.3 is 11.9 Å². The molecule has 0 amide bonds. The molecule has 0 saturated heterocycles. The Morgan fingerprint density at radius 3 is 1.22 bits per heavy atom. The van der Waals surface area contributed by atoms with E-state index in [0.717, 1.165) is 51.4 Å². The Bertz CT molecular complexity index is 445. The number of hydrogen-bond acceptors (Lipinski definition) is 4. The lowest BCUT2D eigenvalue weighted by Crippen LogP contribution is -2.05. The van der Waals surface area contributed by atoms with E-state index in [1.807, 2.05) is 0 Å². The van der Waals surface area contributed by atoms with E-state index in [-0.39, 0.29) is 11.9 Å². The van der Waals surface area contributed by atoms with Gasteiger partial charge in [0.25, 0.3) is 0 Å². The number of carbonyl (C=O) groups is 2. The third-order valence-electron chi connectivity index (χ3n) is 5.69. The molecule has 0 aliphatic heterocycles. The lowest BCUT2D eigenvalue weighted by Gasteiger charge is -2.04. The monoisotopic (exact) mass is 452 g/mol. The first-order chi connectivity index (χ1) is 15.7. The Hall–Kier alpha value is -1.32. The van der Waals surface area contributed by atoms with Gasteiger partial charge in [0.1, 0.15) is 0 Å². The van der Waals surface area contributed by atoms with E-state index in [2.05, 4.69) is 26.0 Å². The Morgan fingerprint density at radius 1 is 0.500 bits per heavy atom. The molecular formula is C28H52O4. The number of rotatable bonds is 24. The van der Waals surface area contributed by atoms with Crippen molar-refractivity contribution in [2.75, 3.05) is 13.2 Å². The number of carbonyl (C=O) groups excluding carboxylic acids is 2. The maximum Gasteiger partial charge on any atom is 0.305 e. The summed E-state index contributed by atoms with van der Waals surface area (Å²) in [4.78, 5) is 23.0. The molecule has 0 aliphatic carbocycles. The van der Waals surface area contributed by atoms with Crippen LogP contribution in [0, 0.1) is 0 Å². The first kappa shape index (κ1) is 30.7. The van der Waals surface area contributed by atoms with Crippen molar-refractivity contribution in [1.82, 2.24) is 0 Å². The molecule has 4 nitrogen and oxygen atoms in total. The molecule has 4 heteroatoms. The highest BCUT2D eigenvalue weighted by Gasteiger charge is 2.02. The molecule has 0 saturated carbocycles. The summed E-state index contributed by atoms with van der Waals surface area (Å²) in [6.07, 6.45) is 26.7. The number of hydrogen-bond donors (Lipinski definition) is 0. The van der Waals surface area contributed by atoms with Gasteiger partial charge in [0.05, 0.1) is 13.2 Å². The molecular weight excluding hydrogens is 400 g/mol. The number of unbranched alkanes of at least 4 members (excludes halogenated alkanes) is 14. The van der Waals surface area contributed by atoms with Gasteiger partial charge in [-0.15, -0.1) is 0 Å². The summed E-state index contributed by atoms with van der Waals surface area (Å²) in [6.45, 7) is 5.38. The fraction of sp³-hybridized carbons (Fsp3) is 0.857. The van der Waals surface area contributed by atoms with Crippen LogP contribution in [0.1, 0.15) is 142 Å². The lowest BCUT2D eigenvalue weighted by atomic mass is 10.1. The molecule has 0 aromatic carbocycles. The second kappa shape index (κ2) is 25.9. The zero-order valence-electron chi connectivity index (χ0n) is 21.3. The van der Waals surface area contributed by atoms with Crippen LogP contribution in [-0.4, -0.2) is 25.2 Å². The predicted octanol–water partition coefficient (Wildman–Crippen LogP) is 8.47. The highest BCUT2D eigenvalue weighted by Crippen LogP contribution is 2.12. The number of esters is 2. The minimum Gasteiger partial charge on any atom is -0.466 e. The zero-order valence-corrected chi connectivity index (χ0v) is 21.3. The van der Waals surface area contributed by atoms with Gasteiger partial charge in [-0.05, 0) is 51.4 Å². The summed E-state index contributed by atoms with van der Waals surface area (Å²) < 4.78 is 10.3. The minimum absolute atomic E-state index is 0.0232. The van der Waals surface area contributed by atoms with E-state index in [0.29, 0.717) is 26.1 Å². The van der Waals surface area contributed by atoms with E-state index in [4.69, 9.17) is 9.47 Å². The Kier molecular flexibility index (Phi) is 24.9. The van der Waals surface area contributed by atoms with Crippen molar-refractivity contribution in [3.05, 3.63) is 12.2 Å². The first-order valence-electron chi connectivity index (χ1n) is 13.7. The van der Waals surface area contributed by atoms with Crippen LogP contribution in [0.2, 0.25) is 0 Å². The van der Waals surface area contributed by atoms with E-state index < -0.39 is 0 Å². The SMILES string of the molecule is CCCCOC(=O)CCCCCCC/C=C/CCCCCCCCCC(=O)OCCCC. The second-order valence-corrected chi connectivity index (χ2v) is 8.94. The van der Waals surface area contributed by atoms with Gasteiger partial charge < -0.3 is 9.47 Å². The van der Waals surface area contributed by atoms with Gasteiger partial charge in [0.2, 0.25) is 0 Å². The molecule has 0 heterocycles. The van der Waals surface area contributed by atoms with Crippen LogP contribution in [0.25, 0.3) is 0 Å². The molecule has 0 bridgehead atoms. The van der Waals surface area contributed by atoms with Crippen molar-refractivity contribution < 1.29 is 19.1 Å². The zero-order chi connectivity index (χ0) is 23.5. The summed E-state index contributed by atoms with van der Waals surface area (Å²) >= 11 is 0. The summed E-state index contributed by atoms with van der Waals surface area (Å²) in [6, 6.07) is 0. The van der Waals surface area contributed by atoms with E-state index >= 15 is 0 Å². The van der Waals surface area contributed by atoms with Crippen molar-refractivity contribution in [2.45, 2.75) is 142 Å².